The van der Waals surface area contributed by atoms with Gasteiger partial charge in [-0.1, -0.05) is 104 Å². The maximum atomic E-state index is 11.5. The molecular formula is C22H46O4S. The van der Waals surface area contributed by atoms with Crippen molar-refractivity contribution in [3.05, 3.63) is 0 Å². The van der Waals surface area contributed by atoms with Crippen molar-refractivity contribution in [1.29, 1.82) is 0 Å². The molecule has 0 aliphatic heterocycles. The third-order valence-corrected chi connectivity index (χ3v) is 6.82. The third kappa shape index (κ3) is 17.7. The van der Waals surface area contributed by atoms with Gasteiger partial charge in [-0.15, -0.1) is 0 Å². The lowest BCUT2D eigenvalue weighted by molar-refractivity contribution is 0.147. The fourth-order valence-electron chi connectivity index (χ4n) is 3.65. The standard InChI is InChI=1S/C22H46O4S/c1-3-5-13-17-21(23)18-15-11-9-7-8-10-12-16-20-22(27(24,25)26)19-14-6-4-2/h21-23H,3-20H2,1-2H3,(H,24,25,26). The lowest BCUT2D eigenvalue weighted by Crippen LogP contribution is -2.20. The Morgan fingerprint density at radius 1 is 0.593 bits per heavy atom. The number of aliphatic hydroxyl groups excluding tert-OH is 1. The molecule has 27 heavy (non-hydrogen) atoms. The quantitative estimate of drug-likeness (QED) is 0.175. The van der Waals surface area contributed by atoms with Crippen LogP contribution in [0.3, 0.4) is 0 Å². The Kier molecular flexibility index (Phi) is 17.8. The van der Waals surface area contributed by atoms with E-state index in [0.717, 1.165) is 64.2 Å². The molecule has 4 nitrogen and oxygen atoms in total. The number of hydrogen-bond donors (Lipinski definition) is 2. The van der Waals surface area contributed by atoms with E-state index in [0.29, 0.717) is 12.8 Å². The molecule has 0 aromatic rings. The van der Waals surface area contributed by atoms with Gasteiger partial charge in [0.15, 0.2) is 0 Å². The van der Waals surface area contributed by atoms with Gasteiger partial charge in [0.25, 0.3) is 10.1 Å². The second-order valence-corrected chi connectivity index (χ2v) is 9.88. The Hall–Kier alpha value is -0.130. The highest BCUT2D eigenvalue weighted by atomic mass is 32.2. The summed E-state index contributed by atoms with van der Waals surface area (Å²) in [6.07, 6.45) is 18.6. The van der Waals surface area contributed by atoms with E-state index in [1.165, 1.54) is 38.5 Å². The van der Waals surface area contributed by atoms with E-state index in [4.69, 9.17) is 0 Å². The van der Waals surface area contributed by atoms with Gasteiger partial charge < -0.3 is 5.11 Å². The van der Waals surface area contributed by atoms with Gasteiger partial charge in [-0.25, -0.2) is 0 Å². The predicted octanol–water partition coefficient (Wildman–Crippen LogP) is 6.67. The van der Waals surface area contributed by atoms with Crippen LogP contribution in [-0.2, 0) is 10.1 Å². The van der Waals surface area contributed by atoms with Crippen molar-refractivity contribution in [2.75, 3.05) is 0 Å². The lowest BCUT2D eigenvalue weighted by Gasteiger charge is -2.13. The van der Waals surface area contributed by atoms with Gasteiger partial charge in [0.05, 0.1) is 11.4 Å². The summed E-state index contributed by atoms with van der Waals surface area (Å²) < 4.78 is 32.3. The molecule has 0 rings (SSSR count). The zero-order chi connectivity index (χ0) is 20.4. The zero-order valence-corrected chi connectivity index (χ0v) is 18.8. The van der Waals surface area contributed by atoms with Crippen molar-refractivity contribution in [1.82, 2.24) is 0 Å². The Bertz CT molecular complexity index is 409. The van der Waals surface area contributed by atoms with Crippen LogP contribution in [0.4, 0.5) is 0 Å². The molecule has 0 heterocycles. The lowest BCUT2D eigenvalue weighted by atomic mass is 10.0. The first-order valence-corrected chi connectivity index (χ1v) is 13.1. The summed E-state index contributed by atoms with van der Waals surface area (Å²) in [5, 5.41) is 9.32. The molecule has 0 aliphatic carbocycles. The molecule has 2 atom stereocenters. The van der Waals surface area contributed by atoms with E-state index in [-0.39, 0.29) is 6.10 Å². The summed E-state index contributed by atoms with van der Waals surface area (Å²) in [5.41, 5.74) is 0. The number of aliphatic hydroxyl groups is 1. The van der Waals surface area contributed by atoms with Crippen LogP contribution < -0.4 is 0 Å². The molecule has 164 valence electrons. The average Bonchev–Trinajstić information content (AvgIpc) is 2.61. The monoisotopic (exact) mass is 406 g/mol. The molecule has 0 amide bonds. The van der Waals surface area contributed by atoms with Gasteiger partial charge in [-0.2, -0.15) is 8.42 Å². The molecule has 2 N–H and O–H groups in total. The Labute approximate surface area is 169 Å². The van der Waals surface area contributed by atoms with Crippen molar-refractivity contribution < 1.29 is 18.1 Å². The SMILES string of the molecule is CCCCCC(O)CCCCCCCCCCC(CCCCC)S(=O)(=O)O. The van der Waals surface area contributed by atoms with Gasteiger partial charge in [-0.3, -0.25) is 4.55 Å². The second-order valence-electron chi connectivity index (χ2n) is 8.19. The highest BCUT2D eigenvalue weighted by molar-refractivity contribution is 7.86. The van der Waals surface area contributed by atoms with Crippen molar-refractivity contribution in [3.63, 3.8) is 0 Å². The van der Waals surface area contributed by atoms with E-state index >= 15 is 0 Å². The van der Waals surface area contributed by atoms with Gasteiger partial charge in [-0.05, 0) is 25.7 Å². The van der Waals surface area contributed by atoms with Gasteiger partial charge >= 0.3 is 0 Å². The minimum Gasteiger partial charge on any atom is -0.393 e. The maximum Gasteiger partial charge on any atom is 0.267 e. The van der Waals surface area contributed by atoms with Crippen molar-refractivity contribution in [3.8, 4) is 0 Å². The van der Waals surface area contributed by atoms with Crippen molar-refractivity contribution in [2.24, 2.45) is 0 Å². The zero-order valence-electron chi connectivity index (χ0n) is 18.0. The summed E-state index contributed by atoms with van der Waals surface area (Å²) in [6, 6.07) is 0. The highest BCUT2D eigenvalue weighted by Crippen LogP contribution is 2.19. The molecule has 0 fully saturated rings. The Morgan fingerprint density at radius 3 is 1.33 bits per heavy atom. The minimum atomic E-state index is -3.89. The largest absolute Gasteiger partial charge is 0.393 e. The second kappa shape index (κ2) is 17.9. The molecule has 0 radical (unpaired) electrons. The number of hydrogen-bond acceptors (Lipinski definition) is 3. The molecule has 0 saturated carbocycles. The molecule has 0 spiro atoms. The summed E-state index contributed by atoms with van der Waals surface area (Å²) >= 11 is 0. The molecule has 0 aliphatic rings. The van der Waals surface area contributed by atoms with Crippen molar-refractivity contribution >= 4 is 10.1 Å². The van der Waals surface area contributed by atoms with E-state index in [1.54, 1.807) is 0 Å². The van der Waals surface area contributed by atoms with Crippen LogP contribution in [0.2, 0.25) is 0 Å². The summed E-state index contributed by atoms with van der Waals surface area (Å²) in [4.78, 5) is 0. The van der Waals surface area contributed by atoms with Crippen LogP contribution in [0.5, 0.6) is 0 Å². The average molecular weight is 407 g/mol. The molecule has 0 bridgehead atoms. The summed E-state index contributed by atoms with van der Waals surface area (Å²) in [5.74, 6) is 0. The van der Waals surface area contributed by atoms with E-state index in [9.17, 15) is 18.1 Å². The smallest absolute Gasteiger partial charge is 0.267 e. The van der Waals surface area contributed by atoms with Gasteiger partial charge in [0.2, 0.25) is 0 Å². The maximum absolute atomic E-state index is 11.5. The van der Waals surface area contributed by atoms with E-state index < -0.39 is 15.4 Å². The fourth-order valence-corrected chi connectivity index (χ4v) is 4.58. The van der Waals surface area contributed by atoms with E-state index in [1.807, 2.05) is 0 Å². The van der Waals surface area contributed by atoms with Crippen LogP contribution in [0.1, 0.15) is 129 Å². The van der Waals surface area contributed by atoms with Crippen LogP contribution in [-0.4, -0.2) is 29.4 Å². The Morgan fingerprint density at radius 2 is 0.926 bits per heavy atom. The van der Waals surface area contributed by atoms with Crippen molar-refractivity contribution in [2.45, 2.75) is 141 Å². The molecule has 0 saturated heterocycles. The van der Waals surface area contributed by atoms with Crippen LogP contribution in [0.25, 0.3) is 0 Å². The molecule has 5 heteroatoms. The predicted molar refractivity (Wildman–Crippen MR) is 116 cm³/mol. The molecular weight excluding hydrogens is 360 g/mol. The highest BCUT2D eigenvalue weighted by Gasteiger charge is 2.21. The fraction of sp³-hybridized carbons (Fsp3) is 1.00. The van der Waals surface area contributed by atoms with Gasteiger partial charge in [0, 0.05) is 0 Å². The number of rotatable bonds is 20. The molecule has 0 aromatic heterocycles. The third-order valence-electron chi connectivity index (χ3n) is 5.51. The summed E-state index contributed by atoms with van der Waals surface area (Å²) in [7, 11) is -3.89. The topological polar surface area (TPSA) is 74.6 Å². The normalized spacial score (nSPS) is 14.4. The Balaban J connectivity index is 3.54. The van der Waals surface area contributed by atoms with Crippen LogP contribution in [0, 0.1) is 0 Å². The first-order valence-electron chi connectivity index (χ1n) is 11.6. The summed E-state index contributed by atoms with van der Waals surface area (Å²) in [6.45, 7) is 4.28. The minimum absolute atomic E-state index is 0.107. The first-order chi connectivity index (χ1) is 12.9. The number of unbranched alkanes of at least 4 members (excludes halogenated alkanes) is 11. The van der Waals surface area contributed by atoms with Gasteiger partial charge in [0.1, 0.15) is 0 Å². The molecule has 2 unspecified atom stereocenters. The van der Waals surface area contributed by atoms with E-state index in [2.05, 4.69) is 13.8 Å². The first kappa shape index (κ1) is 26.9. The van der Waals surface area contributed by atoms with Crippen LogP contribution >= 0.6 is 0 Å². The molecule has 0 aromatic carbocycles. The van der Waals surface area contributed by atoms with Crippen LogP contribution in [0.15, 0.2) is 0 Å².